The molecule has 1 aliphatic heterocycles. The Labute approximate surface area is 238 Å². The van der Waals surface area contributed by atoms with Gasteiger partial charge in [0.2, 0.25) is 0 Å². The van der Waals surface area contributed by atoms with Crippen LogP contribution < -0.4 is 19.5 Å². The van der Waals surface area contributed by atoms with Crippen LogP contribution in [0.25, 0.3) is 16.6 Å². The van der Waals surface area contributed by atoms with Crippen LogP contribution in [0, 0.1) is 18.3 Å². The lowest BCUT2D eigenvalue weighted by Gasteiger charge is -2.36. The number of pyridine rings is 2. The topological polar surface area (TPSA) is 136 Å². The zero-order valence-electron chi connectivity index (χ0n) is 22.9. The molecule has 1 N–H and O–H groups in total. The first-order valence-corrected chi connectivity index (χ1v) is 13.0. The summed E-state index contributed by atoms with van der Waals surface area (Å²) < 4.78 is 48.8. The molecule has 1 atom stereocenters. The average molecular weight is 574 g/mol. The number of hydrogen-bond acceptors (Lipinski definition) is 11. The Balaban J connectivity index is 1.37. The number of rotatable bonds is 7. The number of methoxy groups -OCH3 is 1. The van der Waals surface area contributed by atoms with E-state index < -0.39 is 18.6 Å². The Morgan fingerprint density at radius 2 is 1.98 bits per heavy atom. The molecule has 1 fully saturated rings. The van der Waals surface area contributed by atoms with Crippen molar-refractivity contribution in [1.82, 2.24) is 34.7 Å². The van der Waals surface area contributed by atoms with Crippen molar-refractivity contribution in [2.75, 3.05) is 32.6 Å². The lowest BCUT2D eigenvalue weighted by molar-refractivity contribution is -0.135. The summed E-state index contributed by atoms with van der Waals surface area (Å²) in [4.78, 5) is 14.2. The fourth-order valence-corrected chi connectivity index (χ4v) is 4.86. The number of aryl methyl sites for hydroxylation is 1. The number of anilines is 2. The first kappa shape index (κ1) is 27.0. The molecule has 0 aliphatic carbocycles. The number of piperidine rings is 1. The minimum Gasteiger partial charge on any atom is -0.478 e. The summed E-state index contributed by atoms with van der Waals surface area (Å²) in [5.74, 6) is -2.06. The number of nitrogens with one attached hydrogen (secondary N) is 1. The Morgan fingerprint density at radius 3 is 2.74 bits per heavy atom. The van der Waals surface area contributed by atoms with Crippen molar-refractivity contribution in [2.24, 2.45) is 0 Å². The van der Waals surface area contributed by atoms with Gasteiger partial charge in [0.15, 0.2) is 23.3 Å². The predicted octanol–water partition coefficient (Wildman–Crippen LogP) is 4.51. The van der Waals surface area contributed by atoms with E-state index >= 15 is 0 Å². The fraction of sp³-hybridized carbons (Fsp3) is 0.286. The van der Waals surface area contributed by atoms with Crippen LogP contribution in [-0.2, 0) is 0 Å². The van der Waals surface area contributed by atoms with Crippen LogP contribution in [-0.4, -0.2) is 74.0 Å². The van der Waals surface area contributed by atoms with E-state index in [4.69, 9.17) is 14.2 Å². The quantitative estimate of drug-likeness (QED) is 0.295. The van der Waals surface area contributed by atoms with Gasteiger partial charge in [-0.3, -0.25) is 4.98 Å². The van der Waals surface area contributed by atoms with Crippen LogP contribution >= 0.6 is 0 Å². The SMILES string of the molecule is COc1ncc2ncc(C#N)c(Nc3ccc(Oc4cnn5ncnc5c4)c(C)c3)c2c1O[C@@H]1CCN(C)CC1(F)F. The first-order valence-electron chi connectivity index (χ1n) is 13.0. The van der Waals surface area contributed by atoms with Gasteiger partial charge in [0.1, 0.15) is 18.1 Å². The molecule has 0 spiro atoms. The number of alkyl halides is 2. The molecule has 4 aromatic heterocycles. The average Bonchev–Trinajstić information content (AvgIpc) is 3.44. The summed E-state index contributed by atoms with van der Waals surface area (Å²) in [6.45, 7) is 1.86. The molecule has 1 aromatic carbocycles. The monoisotopic (exact) mass is 573 g/mol. The zero-order chi connectivity index (χ0) is 29.4. The van der Waals surface area contributed by atoms with Crippen molar-refractivity contribution >= 4 is 27.9 Å². The summed E-state index contributed by atoms with van der Waals surface area (Å²) in [5, 5.41) is 21.7. The minimum absolute atomic E-state index is 0.00958. The van der Waals surface area contributed by atoms with E-state index in [-0.39, 0.29) is 23.6 Å². The second-order valence-electron chi connectivity index (χ2n) is 9.92. The van der Waals surface area contributed by atoms with E-state index in [9.17, 15) is 14.0 Å². The summed E-state index contributed by atoms with van der Waals surface area (Å²) >= 11 is 0. The number of halogens is 2. The molecule has 0 radical (unpaired) electrons. The van der Waals surface area contributed by atoms with Gasteiger partial charge in [-0.05, 0) is 37.7 Å². The van der Waals surface area contributed by atoms with Gasteiger partial charge in [0, 0.05) is 30.9 Å². The van der Waals surface area contributed by atoms with Crippen molar-refractivity contribution in [2.45, 2.75) is 25.4 Å². The number of nitriles is 1. The van der Waals surface area contributed by atoms with Gasteiger partial charge >= 0.3 is 0 Å². The first-order chi connectivity index (χ1) is 20.3. The van der Waals surface area contributed by atoms with Crippen LogP contribution in [0.2, 0.25) is 0 Å². The molecule has 6 rings (SSSR count). The fourth-order valence-electron chi connectivity index (χ4n) is 4.86. The van der Waals surface area contributed by atoms with Crippen LogP contribution in [0.5, 0.6) is 23.1 Å². The number of fused-ring (bicyclic) bond motifs is 2. The highest BCUT2D eigenvalue weighted by atomic mass is 19.3. The molecular weight excluding hydrogens is 548 g/mol. The van der Waals surface area contributed by atoms with Crippen molar-refractivity contribution in [3.8, 4) is 29.2 Å². The lowest BCUT2D eigenvalue weighted by atomic mass is 10.0. The van der Waals surface area contributed by atoms with E-state index in [1.54, 1.807) is 30.1 Å². The van der Waals surface area contributed by atoms with Crippen LogP contribution in [0.15, 0.2) is 49.2 Å². The highest BCUT2D eigenvalue weighted by molar-refractivity contribution is 6.01. The second-order valence-corrected chi connectivity index (χ2v) is 9.92. The molecule has 0 bridgehead atoms. The number of likely N-dealkylation sites (tertiary alicyclic amines) is 1. The predicted molar refractivity (Wildman–Crippen MR) is 148 cm³/mol. The maximum atomic E-state index is 15.0. The van der Waals surface area contributed by atoms with E-state index in [1.807, 2.05) is 13.0 Å². The molecule has 5 heterocycles. The van der Waals surface area contributed by atoms with Gasteiger partial charge < -0.3 is 24.4 Å². The van der Waals surface area contributed by atoms with Crippen LogP contribution in [0.3, 0.4) is 0 Å². The molecule has 12 nitrogen and oxygen atoms in total. The van der Waals surface area contributed by atoms with Crippen molar-refractivity contribution in [3.63, 3.8) is 0 Å². The van der Waals surface area contributed by atoms with Gasteiger partial charge in [-0.1, -0.05) is 0 Å². The standard InChI is InChI=1S/C28H25F2N9O3/c1-16-8-18(4-5-21(16)41-19-9-23-34-15-36-39(23)35-12-19)37-25-17(10-31)11-32-20-13-33-27(40-3)26(24(20)25)42-22-6-7-38(2)14-28(22,29)30/h4-5,8-9,11-13,15,22H,6-7,14H2,1-3H3,(H,32,37)/t22-/m1/s1. The molecule has 1 aliphatic rings. The molecule has 0 amide bonds. The molecular formula is C28H25F2N9O3. The molecule has 42 heavy (non-hydrogen) atoms. The summed E-state index contributed by atoms with van der Waals surface area (Å²) in [6, 6.07) is 9.20. The molecule has 0 unspecified atom stereocenters. The maximum Gasteiger partial charge on any atom is 0.296 e. The smallest absolute Gasteiger partial charge is 0.296 e. The molecule has 0 saturated carbocycles. The third-order valence-corrected chi connectivity index (χ3v) is 6.93. The van der Waals surface area contributed by atoms with Crippen molar-refractivity contribution in [1.29, 1.82) is 5.26 Å². The Kier molecular flexibility index (Phi) is 6.87. The lowest BCUT2D eigenvalue weighted by Crippen LogP contribution is -2.52. The highest BCUT2D eigenvalue weighted by Gasteiger charge is 2.46. The second kappa shape index (κ2) is 10.7. The number of hydrogen-bond donors (Lipinski definition) is 1. The summed E-state index contributed by atoms with van der Waals surface area (Å²) in [7, 11) is 3.01. The number of benzene rings is 1. The minimum atomic E-state index is -3.12. The highest BCUT2D eigenvalue weighted by Crippen LogP contribution is 2.43. The number of ether oxygens (including phenoxy) is 3. The van der Waals surface area contributed by atoms with Gasteiger partial charge in [0.25, 0.3) is 11.8 Å². The molecule has 214 valence electrons. The Hall–Kier alpha value is -5.16. The van der Waals surface area contributed by atoms with Crippen molar-refractivity contribution < 1.29 is 23.0 Å². The van der Waals surface area contributed by atoms with Crippen molar-refractivity contribution in [3.05, 3.63) is 60.3 Å². The Morgan fingerprint density at radius 1 is 1.12 bits per heavy atom. The number of nitrogens with zero attached hydrogens (tertiary/aromatic N) is 8. The normalized spacial score (nSPS) is 16.7. The van der Waals surface area contributed by atoms with Crippen LogP contribution in [0.4, 0.5) is 20.2 Å². The zero-order valence-corrected chi connectivity index (χ0v) is 22.9. The molecule has 14 heteroatoms. The largest absolute Gasteiger partial charge is 0.478 e. The van der Waals surface area contributed by atoms with Gasteiger partial charge in [-0.25, -0.2) is 18.7 Å². The van der Waals surface area contributed by atoms with E-state index in [0.717, 1.165) is 5.56 Å². The van der Waals surface area contributed by atoms with Crippen LogP contribution in [0.1, 0.15) is 17.5 Å². The summed E-state index contributed by atoms with van der Waals surface area (Å²) in [6.07, 6.45) is 4.45. The van der Waals surface area contributed by atoms with E-state index in [1.165, 1.54) is 36.7 Å². The Bertz CT molecular complexity index is 1840. The molecule has 1 saturated heterocycles. The molecule has 5 aromatic rings. The van der Waals surface area contributed by atoms with E-state index in [2.05, 4.69) is 36.5 Å². The van der Waals surface area contributed by atoms with E-state index in [0.29, 0.717) is 46.0 Å². The van der Waals surface area contributed by atoms with Gasteiger partial charge in [-0.2, -0.15) is 10.4 Å². The third kappa shape index (κ3) is 5.06. The maximum absolute atomic E-state index is 15.0. The summed E-state index contributed by atoms with van der Waals surface area (Å²) in [5.41, 5.74) is 2.78. The van der Waals surface area contributed by atoms with Gasteiger partial charge in [-0.15, -0.1) is 9.73 Å². The van der Waals surface area contributed by atoms with Gasteiger partial charge in [0.05, 0.1) is 48.2 Å². The number of aromatic nitrogens is 6. The third-order valence-electron chi connectivity index (χ3n) is 6.93.